The Bertz CT molecular complexity index is 601. The minimum Gasteiger partial charge on any atom is -0.388 e. The van der Waals surface area contributed by atoms with Crippen molar-refractivity contribution in [3.63, 3.8) is 0 Å². The minimum atomic E-state index is -1.31. The normalized spacial score (nSPS) is 46.3. The maximum absolute atomic E-state index is 12.3. The highest BCUT2D eigenvalue weighted by Crippen LogP contribution is 2.58. The number of rotatable bonds is 3. The first-order valence-corrected chi connectivity index (χ1v) is 10.1. The maximum Gasteiger partial charge on any atom is 0.187 e. The minimum absolute atomic E-state index is 0.157. The van der Waals surface area contributed by atoms with Crippen LogP contribution in [0.1, 0.15) is 59.8 Å². The van der Waals surface area contributed by atoms with Gasteiger partial charge in [-0.25, -0.2) is 0 Å². The Hall–Kier alpha value is -0.790. The first-order valence-electron chi connectivity index (χ1n) is 10.1. The van der Waals surface area contributed by atoms with Crippen molar-refractivity contribution in [3.8, 4) is 0 Å². The summed E-state index contributed by atoms with van der Waals surface area (Å²) >= 11 is 0. The van der Waals surface area contributed by atoms with Crippen LogP contribution >= 0.6 is 0 Å². The zero-order valence-corrected chi connectivity index (χ0v) is 16.9. The van der Waals surface area contributed by atoms with Gasteiger partial charge in [0.25, 0.3) is 0 Å². The molecule has 1 heterocycles. The molecule has 0 aromatic rings. The molecule has 8 atom stereocenters. The molecule has 3 N–H and O–H groups in total. The summed E-state index contributed by atoms with van der Waals surface area (Å²) in [4.78, 5) is 12.3. The third kappa shape index (κ3) is 3.51. The average molecular weight is 382 g/mol. The number of aliphatic hydroxyl groups is 3. The lowest BCUT2D eigenvalue weighted by Gasteiger charge is -2.45. The number of hydrogen-bond acceptors (Lipinski definition) is 6. The molecule has 1 spiro atoms. The van der Waals surface area contributed by atoms with Crippen LogP contribution in [0.4, 0.5) is 0 Å². The van der Waals surface area contributed by atoms with Crippen LogP contribution in [0.25, 0.3) is 0 Å². The number of carbonyl (C=O) groups excluding carboxylic acids is 1. The summed E-state index contributed by atoms with van der Waals surface area (Å²) in [6, 6.07) is 0. The first-order chi connectivity index (χ1) is 12.5. The topological polar surface area (TPSA) is 96.2 Å². The van der Waals surface area contributed by atoms with Gasteiger partial charge >= 0.3 is 0 Å². The molecule has 2 saturated carbocycles. The average Bonchev–Trinajstić information content (AvgIpc) is 3.07. The number of hydrogen-bond donors (Lipinski definition) is 3. The third-order valence-electron chi connectivity index (χ3n) is 7.45. The molecule has 0 amide bonds. The molecular formula is C21H34O6. The molecule has 6 nitrogen and oxygen atoms in total. The van der Waals surface area contributed by atoms with Gasteiger partial charge in [0.1, 0.15) is 18.3 Å². The molecular weight excluding hydrogens is 348 g/mol. The number of ether oxygens (including phenoxy) is 2. The van der Waals surface area contributed by atoms with E-state index in [1.807, 2.05) is 13.8 Å². The van der Waals surface area contributed by atoms with Crippen molar-refractivity contribution in [1.29, 1.82) is 0 Å². The molecule has 0 radical (unpaired) electrons. The van der Waals surface area contributed by atoms with Gasteiger partial charge in [-0.3, -0.25) is 4.79 Å². The van der Waals surface area contributed by atoms with Crippen molar-refractivity contribution < 1.29 is 29.6 Å². The van der Waals surface area contributed by atoms with E-state index in [1.165, 1.54) is 0 Å². The fraction of sp³-hybridized carbons (Fsp3) is 0.857. The van der Waals surface area contributed by atoms with Crippen LogP contribution in [0, 0.1) is 17.3 Å². The molecule has 3 fully saturated rings. The number of allylic oxidation sites excluding steroid dienone is 1. The van der Waals surface area contributed by atoms with Crippen LogP contribution in [-0.2, 0) is 14.3 Å². The van der Waals surface area contributed by atoms with E-state index < -0.39 is 36.3 Å². The molecule has 0 aromatic heterocycles. The van der Waals surface area contributed by atoms with Crippen molar-refractivity contribution in [3.05, 3.63) is 12.2 Å². The van der Waals surface area contributed by atoms with Gasteiger partial charge in [0.05, 0.1) is 11.7 Å². The summed E-state index contributed by atoms with van der Waals surface area (Å²) in [5.74, 6) is 0.777. The molecule has 6 heteroatoms. The van der Waals surface area contributed by atoms with Crippen LogP contribution in [0.2, 0.25) is 0 Å². The van der Waals surface area contributed by atoms with Crippen LogP contribution in [0.15, 0.2) is 12.2 Å². The van der Waals surface area contributed by atoms with Gasteiger partial charge in [0.2, 0.25) is 0 Å². The standard InChI is InChI=1S/C21H34O6/c1-11-6-7-15(22)12(2)21(11)9-8-14(10-21)20(4,5)27-19-18(25)17(24)16(23)13(3)26-19/h11,13-14,16-19,23-25H,2,6-10H2,1,3-5H3/t11-,13+,14+,16-,17-,18+,19-,21-/m0/s1. The van der Waals surface area contributed by atoms with Crippen molar-refractivity contribution in [1.82, 2.24) is 0 Å². The predicted molar refractivity (Wildman–Crippen MR) is 99.8 cm³/mol. The van der Waals surface area contributed by atoms with Crippen LogP contribution in [0.3, 0.4) is 0 Å². The van der Waals surface area contributed by atoms with Gasteiger partial charge in [-0.1, -0.05) is 13.5 Å². The summed E-state index contributed by atoms with van der Waals surface area (Å²) in [6.45, 7) is 11.9. The summed E-state index contributed by atoms with van der Waals surface area (Å²) in [5.41, 5.74) is -0.00628. The first kappa shape index (κ1) is 20.9. The molecule has 1 aliphatic heterocycles. The number of Topliss-reactive ketones (excluding diaryl/α,β-unsaturated/α-hetero) is 1. The Kier molecular flexibility index (Phi) is 5.60. The quantitative estimate of drug-likeness (QED) is 0.646. The number of aliphatic hydroxyl groups excluding tert-OH is 3. The Labute approximate surface area is 161 Å². The zero-order valence-electron chi connectivity index (χ0n) is 16.9. The fourth-order valence-electron chi connectivity index (χ4n) is 5.25. The van der Waals surface area contributed by atoms with Gasteiger partial charge < -0.3 is 24.8 Å². The van der Waals surface area contributed by atoms with Crippen molar-refractivity contribution in [2.75, 3.05) is 0 Å². The van der Waals surface area contributed by atoms with Crippen molar-refractivity contribution in [2.45, 2.75) is 96.1 Å². The van der Waals surface area contributed by atoms with E-state index in [-0.39, 0.29) is 17.1 Å². The molecule has 2 aliphatic carbocycles. The molecule has 27 heavy (non-hydrogen) atoms. The van der Waals surface area contributed by atoms with E-state index in [0.29, 0.717) is 12.3 Å². The molecule has 0 bridgehead atoms. The van der Waals surface area contributed by atoms with E-state index in [0.717, 1.165) is 31.3 Å². The van der Waals surface area contributed by atoms with E-state index in [9.17, 15) is 20.1 Å². The lowest BCUT2D eigenvalue weighted by atomic mass is 9.62. The second kappa shape index (κ2) is 7.23. The zero-order chi connectivity index (χ0) is 20.1. The Morgan fingerprint density at radius 2 is 1.81 bits per heavy atom. The summed E-state index contributed by atoms with van der Waals surface area (Å²) < 4.78 is 11.8. The van der Waals surface area contributed by atoms with E-state index >= 15 is 0 Å². The molecule has 1 saturated heterocycles. The summed E-state index contributed by atoms with van der Waals surface area (Å²) in [7, 11) is 0. The second-order valence-electron chi connectivity index (χ2n) is 9.34. The Morgan fingerprint density at radius 1 is 1.15 bits per heavy atom. The van der Waals surface area contributed by atoms with E-state index in [1.54, 1.807) is 6.92 Å². The Morgan fingerprint density at radius 3 is 2.48 bits per heavy atom. The lowest BCUT2D eigenvalue weighted by molar-refractivity contribution is -0.322. The predicted octanol–water partition coefficient (Wildman–Crippen LogP) is 1.95. The second-order valence-corrected chi connectivity index (χ2v) is 9.34. The fourth-order valence-corrected chi connectivity index (χ4v) is 5.25. The highest BCUT2D eigenvalue weighted by molar-refractivity contribution is 5.97. The monoisotopic (exact) mass is 382 g/mol. The Balaban J connectivity index is 1.73. The van der Waals surface area contributed by atoms with E-state index in [4.69, 9.17) is 9.47 Å². The third-order valence-corrected chi connectivity index (χ3v) is 7.45. The van der Waals surface area contributed by atoms with Crippen molar-refractivity contribution in [2.24, 2.45) is 17.3 Å². The molecule has 154 valence electrons. The molecule has 0 unspecified atom stereocenters. The maximum atomic E-state index is 12.3. The molecule has 0 aromatic carbocycles. The highest BCUT2D eigenvalue weighted by atomic mass is 16.7. The molecule has 3 aliphatic rings. The van der Waals surface area contributed by atoms with Crippen molar-refractivity contribution >= 4 is 5.78 Å². The summed E-state index contributed by atoms with van der Waals surface area (Å²) in [5, 5.41) is 30.2. The van der Waals surface area contributed by atoms with E-state index in [2.05, 4.69) is 13.5 Å². The van der Waals surface area contributed by atoms with Gasteiger partial charge in [0, 0.05) is 11.8 Å². The molecule has 3 rings (SSSR count). The number of ketones is 1. The van der Waals surface area contributed by atoms with Crippen LogP contribution in [-0.4, -0.2) is 57.4 Å². The largest absolute Gasteiger partial charge is 0.388 e. The smallest absolute Gasteiger partial charge is 0.187 e. The van der Waals surface area contributed by atoms with Gasteiger partial charge in [-0.15, -0.1) is 0 Å². The van der Waals surface area contributed by atoms with Crippen LogP contribution in [0.5, 0.6) is 0 Å². The number of carbonyl (C=O) groups is 1. The van der Waals surface area contributed by atoms with Gasteiger partial charge in [-0.05, 0) is 63.9 Å². The lowest BCUT2D eigenvalue weighted by Crippen LogP contribution is -2.59. The van der Waals surface area contributed by atoms with Crippen LogP contribution < -0.4 is 0 Å². The van der Waals surface area contributed by atoms with Gasteiger partial charge in [-0.2, -0.15) is 0 Å². The summed E-state index contributed by atoms with van der Waals surface area (Å²) in [6.07, 6.45) is -1.24. The van der Waals surface area contributed by atoms with Gasteiger partial charge in [0.15, 0.2) is 12.1 Å². The highest BCUT2D eigenvalue weighted by Gasteiger charge is 2.53. The SMILES string of the molecule is C=C1C(=O)CC[C@H](C)[C@@]12CC[C@@H](C(C)(C)O[C@@H]1O[C@H](C)[C@H](O)[C@H](O)[C@H]1O)C2.